The van der Waals surface area contributed by atoms with Crippen LogP contribution in [0.3, 0.4) is 0 Å². The lowest BCUT2D eigenvalue weighted by molar-refractivity contribution is 0.258. The minimum Gasteiger partial charge on any atom is -0.487 e. The summed E-state index contributed by atoms with van der Waals surface area (Å²) in [6.07, 6.45) is 1.91. The molecule has 0 aromatic carbocycles. The zero-order chi connectivity index (χ0) is 9.40. The smallest absolute Gasteiger partial charge is 0.156 e. The second-order valence-electron chi connectivity index (χ2n) is 2.39. The summed E-state index contributed by atoms with van der Waals surface area (Å²) in [6, 6.07) is 0. The largest absolute Gasteiger partial charge is 0.487 e. The van der Waals surface area contributed by atoms with Gasteiger partial charge in [-0.15, -0.1) is 0 Å². The highest BCUT2D eigenvalue weighted by atomic mass is 32.1. The average molecular weight is 206 g/mol. The molecule has 4 heteroatoms. The van der Waals surface area contributed by atoms with Crippen molar-refractivity contribution in [2.45, 2.75) is 26.7 Å². The molecule has 0 saturated carbocycles. The topological polar surface area (TPSA) is 18.5 Å². The van der Waals surface area contributed by atoms with Crippen LogP contribution in [0.4, 0.5) is 0 Å². The van der Waals surface area contributed by atoms with Crippen molar-refractivity contribution < 1.29 is 9.47 Å². The summed E-state index contributed by atoms with van der Waals surface area (Å²) in [7, 11) is 0. The van der Waals surface area contributed by atoms with Gasteiger partial charge >= 0.3 is 0 Å². The van der Waals surface area contributed by atoms with Gasteiger partial charge < -0.3 is 9.47 Å². The Labute approximate surface area is 84.2 Å². The number of unbranched alkanes of at least 4 members (excludes halogenated alkanes) is 1. The third kappa shape index (κ3) is 9.78. The second kappa shape index (κ2) is 7.43. The van der Waals surface area contributed by atoms with Crippen LogP contribution >= 0.6 is 24.4 Å². The molecule has 0 bridgehead atoms. The third-order valence-electron chi connectivity index (χ3n) is 1.15. The molecular formula is C8H14O2S2. The van der Waals surface area contributed by atoms with Gasteiger partial charge in [-0.1, -0.05) is 0 Å². The van der Waals surface area contributed by atoms with Crippen LogP contribution in [-0.4, -0.2) is 23.3 Å². The van der Waals surface area contributed by atoms with Gasteiger partial charge in [0.15, 0.2) is 10.1 Å². The molecule has 0 heterocycles. The molecule has 0 spiro atoms. The van der Waals surface area contributed by atoms with Gasteiger partial charge in [0.05, 0.1) is 13.2 Å². The maximum atomic E-state index is 5.09. The minimum atomic E-state index is 0.599. The van der Waals surface area contributed by atoms with Crippen LogP contribution in [0, 0.1) is 0 Å². The molecule has 0 aromatic heterocycles. The van der Waals surface area contributed by atoms with Crippen LogP contribution in [0.1, 0.15) is 26.7 Å². The van der Waals surface area contributed by atoms with Gasteiger partial charge in [0.25, 0.3) is 0 Å². The Morgan fingerprint density at radius 1 is 0.917 bits per heavy atom. The number of thiocarbonyl (C=S) groups is 2. The van der Waals surface area contributed by atoms with Crippen molar-refractivity contribution in [2.24, 2.45) is 0 Å². The predicted octanol–water partition coefficient (Wildman–Crippen LogP) is 2.49. The summed E-state index contributed by atoms with van der Waals surface area (Å²) in [4.78, 5) is 0. The summed E-state index contributed by atoms with van der Waals surface area (Å²) in [6.45, 7) is 4.89. The standard InChI is InChI=1S/C8H14O2S2/c1-7(11)9-5-3-4-6-10-8(2)12/h3-6H2,1-2H3. The molecule has 0 unspecified atom stereocenters. The lowest BCUT2D eigenvalue weighted by Gasteiger charge is -2.04. The molecule has 0 aliphatic rings. The molecular weight excluding hydrogens is 192 g/mol. The van der Waals surface area contributed by atoms with Crippen molar-refractivity contribution in [3.05, 3.63) is 0 Å². The van der Waals surface area contributed by atoms with Gasteiger partial charge in [0, 0.05) is 13.8 Å². The third-order valence-corrected chi connectivity index (χ3v) is 1.39. The highest BCUT2D eigenvalue weighted by Crippen LogP contribution is 1.93. The van der Waals surface area contributed by atoms with Gasteiger partial charge in [-0.2, -0.15) is 0 Å². The van der Waals surface area contributed by atoms with Crippen LogP contribution in [0.2, 0.25) is 0 Å². The fourth-order valence-electron chi connectivity index (χ4n) is 0.636. The molecule has 0 saturated heterocycles. The van der Waals surface area contributed by atoms with E-state index in [1.807, 2.05) is 0 Å². The predicted molar refractivity (Wildman–Crippen MR) is 57.7 cm³/mol. The summed E-state index contributed by atoms with van der Waals surface area (Å²) in [5.74, 6) is 0. The van der Waals surface area contributed by atoms with E-state index in [4.69, 9.17) is 33.9 Å². The molecule has 0 fully saturated rings. The van der Waals surface area contributed by atoms with Gasteiger partial charge in [0.2, 0.25) is 0 Å². The molecule has 0 N–H and O–H groups in total. The van der Waals surface area contributed by atoms with E-state index in [0.29, 0.717) is 23.3 Å². The lowest BCUT2D eigenvalue weighted by Crippen LogP contribution is -2.02. The SMILES string of the molecule is CC(=S)OCCCCOC(C)=S. The van der Waals surface area contributed by atoms with E-state index >= 15 is 0 Å². The summed E-state index contributed by atoms with van der Waals surface area (Å²) in [5, 5.41) is 1.20. The lowest BCUT2D eigenvalue weighted by atomic mass is 10.3. The Kier molecular flexibility index (Phi) is 7.29. The van der Waals surface area contributed by atoms with E-state index in [1.54, 1.807) is 13.8 Å². The quantitative estimate of drug-likeness (QED) is 0.508. The molecule has 0 aliphatic heterocycles. The van der Waals surface area contributed by atoms with Crippen molar-refractivity contribution in [3.8, 4) is 0 Å². The van der Waals surface area contributed by atoms with Crippen LogP contribution in [0.25, 0.3) is 0 Å². The van der Waals surface area contributed by atoms with Crippen molar-refractivity contribution in [3.63, 3.8) is 0 Å². The molecule has 70 valence electrons. The van der Waals surface area contributed by atoms with Crippen LogP contribution in [0.15, 0.2) is 0 Å². The van der Waals surface area contributed by atoms with E-state index in [2.05, 4.69) is 0 Å². The number of rotatable bonds is 5. The Bertz CT molecular complexity index is 139. The van der Waals surface area contributed by atoms with Gasteiger partial charge in [-0.3, -0.25) is 0 Å². The van der Waals surface area contributed by atoms with Gasteiger partial charge in [-0.05, 0) is 37.3 Å². The zero-order valence-electron chi connectivity index (χ0n) is 7.46. The van der Waals surface area contributed by atoms with Gasteiger partial charge in [-0.25, -0.2) is 0 Å². The van der Waals surface area contributed by atoms with E-state index in [0.717, 1.165) is 12.8 Å². The van der Waals surface area contributed by atoms with Crippen molar-refractivity contribution in [2.75, 3.05) is 13.2 Å². The minimum absolute atomic E-state index is 0.599. The number of ether oxygens (including phenoxy) is 2. The molecule has 0 amide bonds. The highest BCUT2D eigenvalue weighted by Gasteiger charge is 1.91. The molecule has 0 atom stereocenters. The number of hydrogen-bond donors (Lipinski definition) is 0. The Hall–Kier alpha value is -0.220. The van der Waals surface area contributed by atoms with Crippen molar-refractivity contribution in [1.29, 1.82) is 0 Å². The molecule has 0 rings (SSSR count). The molecule has 0 aliphatic carbocycles. The Morgan fingerprint density at radius 2 is 1.25 bits per heavy atom. The van der Waals surface area contributed by atoms with Crippen molar-refractivity contribution in [1.82, 2.24) is 0 Å². The Morgan fingerprint density at radius 3 is 1.50 bits per heavy atom. The van der Waals surface area contributed by atoms with Gasteiger partial charge in [0.1, 0.15) is 0 Å². The fourth-order valence-corrected chi connectivity index (χ4v) is 0.803. The molecule has 0 aromatic rings. The summed E-state index contributed by atoms with van der Waals surface area (Å²) in [5.41, 5.74) is 0. The molecule has 12 heavy (non-hydrogen) atoms. The monoisotopic (exact) mass is 206 g/mol. The maximum absolute atomic E-state index is 5.09. The van der Waals surface area contributed by atoms with Crippen molar-refractivity contribution >= 4 is 34.5 Å². The normalized spacial score (nSPS) is 9.17. The molecule has 2 nitrogen and oxygen atoms in total. The first-order valence-electron chi connectivity index (χ1n) is 3.89. The van der Waals surface area contributed by atoms with E-state index in [1.165, 1.54) is 0 Å². The molecule has 0 radical (unpaired) electrons. The zero-order valence-corrected chi connectivity index (χ0v) is 9.09. The van der Waals surface area contributed by atoms with E-state index in [9.17, 15) is 0 Å². The van der Waals surface area contributed by atoms with Crippen LogP contribution in [0.5, 0.6) is 0 Å². The first-order valence-corrected chi connectivity index (χ1v) is 4.71. The summed E-state index contributed by atoms with van der Waals surface area (Å²) < 4.78 is 10.2. The summed E-state index contributed by atoms with van der Waals surface area (Å²) >= 11 is 9.48. The van der Waals surface area contributed by atoms with E-state index < -0.39 is 0 Å². The Balaban J connectivity index is 3.01. The van der Waals surface area contributed by atoms with Crippen LogP contribution < -0.4 is 0 Å². The first kappa shape index (κ1) is 11.8. The van der Waals surface area contributed by atoms with E-state index in [-0.39, 0.29) is 0 Å². The highest BCUT2D eigenvalue weighted by molar-refractivity contribution is 7.80. The first-order chi connectivity index (χ1) is 5.63. The van der Waals surface area contributed by atoms with Crippen LogP contribution in [-0.2, 0) is 9.47 Å². The number of hydrogen-bond acceptors (Lipinski definition) is 4. The fraction of sp³-hybridized carbons (Fsp3) is 0.750. The second-order valence-corrected chi connectivity index (χ2v) is 3.54. The average Bonchev–Trinajstić information content (AvgIpc) is 1.95. The maximum Gasteiger partial charge on any atom is 0.156 e.